The molecule has 64 valence electrons. The maximum absolute atomic E-state index is 10.4. The molecule has 0 unspecified atom stereocenters. The van der Waals surface area contributed by atoms with Crippen LogP contribution in [0.4, 0.5) is 0 Å². The fraction of sp³-hybridized carbons (Fsp3) is 0.143. The van der Waals surface area contributed by atoms with E-state index < -0.39 is 5.97 Å². The van der Waals surface area contributed by atoms with Crippen molar-refractivity contribution in [3.05, 3.63) is 17.0 Å². The van der Waals surface area contributed by atoms with Gasteiger partial charge in [-0.15, -0.1) is 23.1 Å². The lowest BCUT2D eigenvalue weighted by Crippen LogP contribution is -1.97. The molecule has 0 aliphatic rings. The van der Waals surface area contributed by atoms with Crippen LogP contribution in [-0.4, -0.2) is 23.1 Å². The third-order valence-corrected chi connectivity index (χ3v) is 3.37. The predicted octanol–water partition coefficient (Wildman–Crippen LogP) is 1.74. The van der Waals surface area contributed by atoms with Crippen molar-refractivity contribution >= 4 is 35.4 Å². The van der Waals surface area contributed by atoms with Gasteiger partial charge in [-0.2, -0.15) is 0 Å². The highest BCUT2D eigenvalue weighted by Gasteiger charge is 2.05. The molecule has 0 aliphatic carbocycles. The lowest BCUT2D eigenvalue weighted by molar-refractivity contribution is -0.133. The molecule has 0 spiro atoms. The summed E-state index contributed by atoms with van der Waals surface area (Å²) in [5.74, 6) is -0.869. The van der Waals surface area contributed by atoms with Crippen LogP contribution in [-0.2, 0) is 4.79 Å². The van der Waals surface area contributed by atoms with Crippen LogP contribution in [0.2, 0.25) is 0 Å². The number of thioether (sulfide) groups is 1. The van der Waals surface area contributed by atoms with Gasteiger partial charge in [0.25, 0.3) is 0 Å². The van der Waals surface area contributed by atoms with E-state index in [0.717, 1.165) is 10.5 Å². The van der Waals surface area contributed by atoms with E-state index >= 15 is 0 Å². The van der Waals surface area contributed by atoms with Crippen molar-refractivity contribution < 1.29 is 14.7 Å². The van der Waals surface area contributed by atoms with Gasteiger partial charge < -0.3 is 5.11 Å². The number of aldehydes is 1. The zero-order chi connectivity index (χ0) is 8.97. The van der Waals surface area contributed by atoms with Crippen LogP contribution < -0.4 is 0 Å². The lowest BCUT2D eigenvalue weighted by Gasteiger charge is -1.93. The van der Waals surface area contributed by atoms with E-state index in [1.54, 1.807) is 11.4 Å². The highest BCUT2D eigenvalue weighted by molar-refractivity contribution is 8.01. The molecular weight excluding hydrogens is 196 g/mol. The number of thiophene rings is 1. The predicted molar refractivity (Wildman–Crippen MR) is 48.1 cm³/mol. The van der Waals surface area contributed by atoms with Gasteiger partial charge in [-0.25, -0.2) is 0 Å². The Morgan fingerprint density at radius 1 is 1.75 bits per heavy atom. The Balaban J connectivity index is 2.62. The van der Waals surface area contributed by atoms with Gasteiger partial charge in [0.2, 0.25) is 0 Å². The molecule has 0 amide bonds. The third kappa shape index (κ3) is 2.35. The second-order valence-electron chi connectivity index (χ2n) is 1.96. The molecule has 0 atom stereocenters. The standard InChI is InChI=1S/C7H6O3S2/c8-3-5-1-2-11-7(5)12-4-6(9)10/h1-3H,4H2,(H,9,10). The van der Waals surface area contributed by atoms with Gasteiger partial charge in [0.1, 0.15) is 0 Å². The van der Waals surface area contributed by atoms with E-state index in [1.807, 2.05) is 0 Å². The van der Waals surface area contributed by atoms with Gasteiger partial charge in [0.05, 0.1) is 9.96 Å². The van der Waals surface area contributed by atoms with Crippen molar-refractivity contribution in [2.75, 3.05) is 5.75 Å². The molecule has 5 heteroatoms. The Morgan fingerprint density at radius 3 is 3.08 bits per heavy atom. The molecule has 0 saturated heterocycles. The average Bonchev–Trinajstić information content (AvgIpc) is 2.47. The summed E-state index contributed by atoms with van der Waals surface area (Å²) in [5, 5.41) is 10.1. The van der Waals surface area contributed by atoms with Gasteiger partial charge in [-0.3, -0.25) is 9.59 Å². The average molecular weight is 202 g/mol. The first-order valence-electron chi connectivity index (χ1n) is 3.11. The first-order chi connectivity index (χ1) is 5.74. The third-order valence-electron chi connectivity index (χ3n) is 1.11. The molecule has 12 heavy (non-hydrogen) atoms. The van der Waals surface area contributed by atoms with Crippen molar-refractivity contribution in [2.45, 2.75) is 4.21 Å². The normalized spacial score (nSPS) is 9.67. The van der Waals surface area contributed by atoms with Crippen LogP contribution in [0.15, 0.2) is 15.7 Å². The smallest absolute Gasteiger partial charge is 0.313 e. The lowest BCUT2D eigenvalue weighted by atomic mass is 10.4. The quantitative estimate of drug-likeness (QED) is 0.597. The summed E-state index contributed by atoms with van der Waals surface area (Å²) in [5.41, 5.74) is 0.575. The van der Waals surface area contributed by atoms with E-state index in [-0.39, 0.29) is 5.75 Å². The van der Waals surface area contributed by atoms with Crippen LogP contribution in [0.3, 0.4) is 0 Å². The zero-order valence-corrected chi connectivity index (χ0v) is 7.65. The Kier molecular flexibility index (Phi) is 3.31. The summed E-state index contributed by atoms with van der Waals surface area (Å²) in [6, 6.07) is 1.68. The molecule has 1 heterocycles. The number of rotatable bonds is 4. The van der Waals surface area contributed by atoms with Gasteiger partial charge in [0.15, 0.2) is 6.29 Å². The minimum Gasteiger partial charge on any atom is -0.481 e. The van der Waals surface area contributed by atoms with Crippen LogP contribution >= 0.6 is 23.1 Å². The second-order valence-corrected chi connectivity index (χ2v) is 4.12. The summed E-state index contributed by atoms with van der Waals surface area (Å²) in [7, 11) is 0. The van der Waals surface area contributed by atoms with Gasteiger partial charge in [-0.05, 0) is 11.4 Å². The number of hydrogen-bond donors (Lipinski definition) is 1. The topological polar surface area (TPSA) is 54.4 Å². The van der Waals surface area contributed by atoms with Gasteiger partial charge >= 0.3 is 5.97 Å². The van der Waals surface area contributed by atoms with Crippen molar-refractivity contribution in [1.29, 1.82) is 0 Å². The second kappa shape index (κ2) is 4.27. The number of aliphatic carboxylic acids is 1. The van der Waals surface area contributed by atoms with Crippen LogP contribution in [0.1, 0.15) is 10.4 Å². The molecule has 0 aliphatic heterocycles. The van der Waals surface area contributed by atoms with Crippen molar-refractivity contribution in [3.8, 4) is 0 Å². The van der Waals surface area contributed by atoms with Crippen LogP contribution in [0, 0.1) is 0 Å². The minimum absolute atomic E-state index is 0.00134. The molecule has 1 aromatic rings. The first kappa shape index (κ1) is 9.28. The molecule has 0 radical (unpaired) electrons. The largest absolute Gasteiger partial charge is 0.481 e. The summed E-state index contributed by atoms with van der Waals surface area (Å²) in [6.07, 6.45) is 0.737. The van der Waals surface area contributed by atoms with Crippen molar-refractivity contribution in [3.63, 3.8) is 0 Å². The van der Waals surface area contributed by atoms with E-state index in [2.05, 4.69) is 0 Å². The summed E-state index contributed by atoms with van der Waals surface area (Å²) >= 11 is 2.56. The molecule has 1 aromatic heterocycles. The SMILES string of the molecule is O=Cc1ccsc1SCC(=O)O. The van der Waals surface area contributed by atoms with Gasteiger partial charge in [0, 0.05) is 5.56 Å². The monoisotopic (exact) mass is 202 g/mol. The van der Waals surface area contributed by atoms with Crippen LogP contribution in [0.5, 0.6) is 0 Å². The zero-order valence-electron chi connectivity index (χ0n) is 6.02. The first-order valence-corrected chi connectivity index (χ1v) is 4.98. The van der Waals surface area contributed by atoms with E-state index in [4.69, 9.17) is 5.11 Å². The molecule has 0 saturated carbocycles. The summed E-state index contributed by atoms with van der Waals surface area (Å²) in [4.78, 5) is 20.6. The molecule has 1 rings (SSSR count). The summed E-state index contributed by atoms with van der Waals surface area (Å²) in [6.45, 7) is 0. The number of carboxylic acids is 1. The number of carbonyl (C=O) groups excluding carboxylic acids is 1. The van der Waals surface area contributed by atoms with E-state index in [9.17, 15) is 9.59 Å². The Labute approximate surface area is 77.4 Å². The molecule has 0 aromatic carbocycles. The Hall–Kier alpha value is -0.810. The maximum atomic E-state index is 10.4. The Morgan fingerprint density at radius 2 is 2.50 bits per heavy atom. The summed E-state index contributed by atoms with van der Waals surface area (Å²) < 4.78 is 0.771. The van der Waals surface area contributed by atoms with E-state index in [0.29, 0.717) is 5.56 Å². The molecule has 0 fully saturated rings. The van der Waals surface area contributed by atoms with Crippen molar-refractivity contribution in [2.24, 2.45) is 0 Å². The van der Waals surface area contributed by atoms with Crippen molar-refractivity contribution in [1.82, 2.24) is 0 Å². The highest BCUT2D eigenvalue weighted by Crippen LogP contribution is 2.27. The van der Waals surface area contributed by atoms with E-state index in [1.165, 1.54) is 23.1 Å². The van der Waals surface area contributed by atoms with Crippen LogP contribution in [0.25, 0.3) is 0 Å². The molecule has 0 bridgehead atoms. The molecular formula is C7H6O3S2. The van der Waals surface area contributed by atoms with Gasteiger partial charge in [-0.1, -0.05) is 0 Å². The Bertz CT molecular complexity index is 293. The highest BCUT2D eigenvalue weighted by atomic mass is 32.2. The number of carbonyl (C=O) groups is 2. The number of carboxylic acid groups (broad SMARTS) is 1. The minimum atomic E-state index is -0.870. The molecule has 3 nitrogen and oxygen atoms in total. The fourth-order valence-electron chi connectivity index (χ4n) is 0.637. The molecule has 1 N–H and O–H groups in total. The number of hydrogen-bond acceptors (Lipinski definition) is 4. The fourth-order valence-corrected chi connectivity index (χ4v) is 2.38. The maximum Gasteiger partial charge on any atom is 0.313 e.